The summed E-state index contributed by atoms with van der Waals surface area (Å²) in [5, 5.41) is 24.4. The van der Waals surface area contributed by atoms with Crippen molar-refractivity contribution in [2.45, 2.75) is 6.54 Å². The summed E-state index contributed by atoms with van der Waals surface area (Å²) in [6.45, 7) is 0.400. The highest BCUT2D eigenvalue weighted by Crippen LogP contribution is 2.15. The largest absolute Gasteiger partial charge is 0.508 e. The first-order valence-corrected chi connectivity index (χ1v) is 7.15. The van der Waals surface area contributed by atoms with Gasteiger partial charge in [-0.15, -0.1) is 0 Å². The molecule has 0 aliphatic heterocycles. The molecule has 2 aromatic carbocycles. The van der Waals surface area contributed by atoms with Gasteiger partial charge in [-0.25, -0.2) is 0 Å². The van der Waals surface area contributed by atoms with Crippen molar-refractivity contribution in [3.8, 4) is 11.8 Å². The van der Waals surface area contributed by atoms with Crippen LogP contribution in [-0.4, -0.2) is 11.0 Å². The fourth-order valence-corrected chi connectivity index (χ4v) is 2.00. The standard InChI is InChI=1S/C17H14ClN3O2/c18-16-4-2-1-3-12(16)10-20-11-13(9-19)17(23)21-14-5-7-15(22)8-6-14/h1-8,11,20,22H,10H2,(H,21,23)/b13-11-. The van der Waals surface area contributed by atoms with Gasteiger partial charge < -0.3 is 15.7 Å². The third kappa shape index (κ3) is 4.77. The van der Waals surface area contributed by atoms with Crippen molar-refractivity contribution in [1.82, 2.24) is 5.32 Å². The predicted octanol–water partition coefficient (Wildman–Crippen LogP) is 3.18. The molecule has 0 heterocycles. The summed E-state index contributed by atoms with van der Waals surface area (Å²) in [6, 6.07) is 15.1. The average Bonchev–Trinajstić information content (AvgIpc) is 2.55. The number of carbonyl (C=O) groups is 1. The molecule has 0 bridgehead atoms. The fourth-order valence-electron chi connectivity index (χ4n) is 1.80. The number of nitrogens with one attached hydrogen (secondary N) is 2. The highest BCUT2D eigenvalue weighted by molar-refractivity contribution is 6.31. The molecule has 23 heavy (non-hydrogen) atoms. The van der Waals surface area contributed by atoms with Gasteiger partial charge in [-0.3, -0.25) is 4.79 Å². The van der Waals surface area contributed by atoms with Crippen LogP contribution in [0.5, 0.6) is 5.75 Å². The quantitative estimate of drug-likeness (QED) is 0.447. The van der Waals surface area contributed by atoms with Crippen molar-refractivity contribution < 1.29 is 9.90 Å². The lowest BCUT2D eigenvalue weighted by molar-refractivity contribution is -0.112. The maximum atomic E-state index is 12.0. The van der Waals surface area contributed by atoms with Crippen LogP contribution < -0.4 is 10.6 Å². The number of nitriles is 1. The third-order valence-electron chi connectivity index (χ3n) is 2.99. The molecule has 0 saturated heterocycles. The van der Waals surface area contributed by atoms with Crippen molar-refractivity contribution in [2.24, 2.45) is 0 Å². The van der Waals surface area contributed by atoms with Crippen LogP contribution >= 0.6 is 11.6 Å². The molecule has 0 unspecified atom stereocenters. The maximum absolute atomic E-state index is 12.0. The number of anilines is 1. The van der Waals surface area contributed by atoms with E-state index in [0.29, 0.717) is 17.3 Å². The molecule has 0 radical (unpaired) electrons. The van der Waals surface area contributed by atoms with Crippen molar-refractivity contribution in [2.75, 3.05) is 5.32 Å². The molecule has 2 rings (SSSR count). The number of aromatic hydroxyl groups is 1. The van der Waals surface area contributed by atoms with Gasteiger partial charge in [0.25, 0.3) is 5.91 Å². The van der Waals surface area contributed by atoms with Gasteiger partial charge in [0.1, 0.15) is 17.4 Å². The molecule has 0 aliphatic rings. The molecular weight excluding hydrogens is 314 g/mol. The van der Waals surface area contributed by atoms with E-state index in [-0.39, 0.29) is 11.3 Å². The van der Waals surface area contributed by atoms with Gasteiger partial charge in [-0.1, -0.05) is 29.8 Å². The molecule has 0 saturated carbocycles. The monoisotopic (exact) mass is 327 g/mol. The number of nitrogens with zero attached hydrogens (tertiary/aromatic N) is 1. The molecule has 0 aromatic heterocycles. The summed E-state index contributed by atoms with van der Waals surface area (Å²) in [5.41, 5.74) is 1.28. The van der Waals surface area contributed by atoms with Gasteiger partial charge in [-0.05, 0) is 35.9 Å². The second-order valence-electron chi connectivity index (χ2n) is 4.64. The second kappa shape index (κ2) is 7.87. The molecule has 3 N–H and O–H groups in total. The van der Waals surface area contributed by atoms with Crippen LogP contribution in [0.1, 0.15) is 5.56 Å². The lowest BCUT2D eigenvalue weighted by atomic mass is 10.2. The minimum absolute atomic E-state index is 0.0647. The molecule has 1 amide bonds. The Balaban J connectivity index is 1.98. The van der Waals surface area contributed by atoms with Crippen molar-refractivity contribution in [3.05, 3.63) is 70.9 Å². The number of benzene rings is 2. The van der Waals surface area contributed by atoms with Gasteiger partial charge in [0.2, 0.25) is 0 Å². The van der Waals surface area contributed by atoms with Crippen LogP contribution in [0.2, 0.25) is 5.02 Å². The van der Waals surface area contributed by atoms with Crippen LogP contribution in [-0.2, 0) is 11.3 Å². The number of phenols is 1. The molecule has 2 aromatic rings. The third-order valence-corrected chi connectivity index (χ3v) is 3.36. The number of carbonyl (C=O) groups excluding carboxylic acids is 1. The molecule has 116 valence electrons. The van der Waals surface area contributed by atoms with E-state index < -0.39 is 5.91 Å². The Morgan fingerprint density at radius 1 is 1.22 bits per heavy atom. The zero-order valence-corrected chi connectivity index (χ0v) is 12.8. The van der Waals surface area contributed by atoms with Crippen LogP contribution in [0.3, 0.4) is 0 Å². The lowest BCUT2D eigenvalue weighted by Crippen LogP contribution is -2.16. The topological polar surface area (TPSA) is 85.2 Å². The molecule has 0 spiro atoms. The smallest absolute Gasteiger partial charge is 0.267 e. The van der Waals surface area contributed by atoms with Crippen molar-refractivity contribution in [3.63, 3.8) is 0 Å². The van der Waals surface area contributed by atoms with E-state index in [1.54, 1.807) is 18.2 Å². The first-order valence-electron chi connectivity index (χ1n) is 6.77. The van der Waals surface area contributed by atoms with E-state index in [0.717, 1.165) is 5.56 Å². The van der Waals surface area contributed by atoms with Crippen molar-refractivity contribution in [1.29, 1.82) is 5.26 Å². The SMILES string of the molecule is N#C/C(=C/NCc1ccccc1Cl)C(=O)Nc1ccc(O)cc1. The van der Waals surface area contributed by atoms with Gasteiger partial charge in [0.15, 0.2) is 0 Å². The summed E-state index contributed by atoms with van der Waals surface area (Å²) in [4.78, 5) is 12.0. The summed E-state index contributed by atoms with van der Waals surface area (Å²) in [5.74, 6) is -0.440. The number of hydrogen-bond acceptors (Lipinski definition) is 4. The van der Waals surface area contributed by atoms with Crippen LogP contribution in [0.25, 0.3) is 0 Å². The van der Waals surface area contributed by atoms with E-state index >= 15 is 0 Å². The summed E-state index contributed by atoms with van der Waals surface area (Å²) < 4.78 is 0. The first kappa shape index (κ1) is 16.4. The number of phenolic OH excluding ortho intramolecular Hbond substituents is 1. The molecular formula is C17H14ClN3O2. The van der Waals surface area contributed by atoms with Crippen LogP contribution in [0.15, 0.2) is 60.3 Å². The summed E-state index contributed by atoms with van der Waals surface area (Å²) in [7, 11) is 0. The molecule has 5 nitrogen and oxygen atoms in total. The van der Waals surface area contributed by atoms with E-state index in [4.69, 9.17) is 16.9 Å². The highest BCUT2D eigenvalue weighted by Gasteiger charge is 2.09. The minimum Gasteiger partial charge on any atom is -0.508 e. The average molecular weight is 328 g/mol. The van der Waals surface area contributed by atoms with Crippen LogP contribution in [0.4, 0.5) is 5.69 Å². The van der Waals surface area contributed by atoms with E-state index in [9.17, 15) is 9.90 Å². The van der Waals surface area contributed by atoms with Gasteiger partial charge in [0.05, 0.1) is 0 Å². The molecule has 6 heteroatoms. The Bertz CT molecular complexity index is 764. The van der Waals surface area contributed by atoms with Crippen molar-refractivity contribution >= 4 is 23.2 Å². The Hall–Kier alpha value is -2.97. The molecule has 0 aliphatic carbocycles. The number of hydrogen-bond donors (Lipinski definition) is 3. The van der Waals surface area contributed by atoms with E-state index in [1.165, 1.54) is 18.3 Å². The Morgan fingerprint density at radius 2 is 1.91 bits per heavy atom. The number of halogens is 1. The van der Waals surface area contributed by atoms with Gasteiger partial charge in [-0.2, -0.15) is 5.26 Å². The van der Waals surface area contributed by atoms with Gasteiger partial charge >= 0.3 is 0 Å². The minimum atomic E-state index is -0.537. The lowest BCUT2D eigenvalue weighted by Gasteiger charge is -2.06. The fraction of sp³-hybridized carbons (Fsp3) is 0.0588. The zero-order chi connectivity index (χ0) is 16.7. The summed E-state index contributed by atoms with van der Waals surface area (Å²) >= 11 is 6.03. The highest BCUT2D eigenvalue weighted by atomic mass is 35.5. The molecule has 0 fully saturated rings. The number of amides is 1. The summed E-state index contributed by atoms with van der Waals surface area (Å²) in [6.07, 6.45) is 1.35. The normalized spacial score (nSPS) is 10.7. The zero-order valence-electron chi connectivity index (χ0n) is 12.1. The first-order chi connectivity index (χ1) is 11.1. The van der Waals surface area contributed by atoms with E-state index in [2.05, 4.69) is 10.6 Å². The Morgan fingerprint density at radius 3 is 2.57 bits per heavy atom. The Labute approximate surface area is 138 Å². The van der Waals surface area contributed by atoms with Crippen LogP contribution in [0, 0.1) is 11.3 Å². The predicted molar refractivity (Wildman–Crippen MR) is 88.7 cm³/mol. The van der Waals surface area contributed by atoms with E-state index in [1.807, 2.05) is 24.3 Å². The number of rotatable bonds is 5. The Kier molecular flexibility index (Phi) is 5.61. The second-order valence-corrected chi connectivity index (χ2v) is 5.05. The van der Waals surface area contributed by atoms with Gasteiger partial charge in [0, 0.05) is 23.5 Å². The molecule has 0 atom stereocenters. The maximum Gasteiger partial charge on any atom is 0.267 e.